The summed E-state index contributed by atoms with van der Waals surface area (Å²) in [5, 5.41) is 15.5. The Morgan fingerprint density at radius 3 is 1.71 bits per heavy atom. The molecule has 0 heterocycles. The Kier molecular flexibility index (Phi) is 23.3. The summed E-state index contributed by atoms with van der Waals surface area (Å²) >= 11 is 0. The third kappa shape index (κ3) is 139. The largest absolute Gasteiger partial charge is 0.481 e. The standard InChI is InChI=1S/C5H10O2.C3H6.C2H4O2/c1-2-3-4-5(6)7;1-3-2;1-2(3)4/h2-4H2,1H3,(H,6,7);3H,1H2,2H3;1H3,(H,3,4). The summed E-state index contributed by atoms with van der Waals surface area (Å²) in [5.74, 6) is -1.53. The molecule has 0 bridgehead atoms. The van der Waals surface area contributed by atoms with Crippen molar-refractivity contribution in [2.24, 2.45) is 0 Å². The van der Waals surface area contributed by atoms with Crippen molar-refractivity contribution < 1.29 is 19.8 Å². The van der Waals surface area contributed by atoms with E-state index in [0.29, 0.717) is 6.42 Å². The van der Waals surface area contributed by atoms with Crippen LogP contribution in [0.4, 0.5) is 0 Å². The van der Waals surface area contributed by atoms with E-state index in [1.54, 1.807) is 6.08 Å². The molecule has 0 unspecified atom stereocenters. The van der Waals surface area contributed by atoms with Crippen LogP contribution < -0.4 is 0 Å². The van der Waals surface area contributed by atoms with Crippen molar-refractivity contribution >= 4 is 11.9 Å². The fourth-order valence-corrected chi connectivity index (χ4v) is 0.328. The minimum atomic E-state index is -0.833. The van der Waals surface area contributed by atoms with Crippen LogP contribution >= 0.6 is 0 Å². The normalized spacial score (nSPS) is 7.07. The molecule has 84 valence electrons. The maximum atomic E-state index is 9.76. The van der Waals surface area contributed by atoms with Crippen LogP contribution in [-0.4, -0.2) is 22.2 Å². The minimum absolute atomic E-state index is 0.316. The fourth-order valence-electron chi connectivity index (χ4n) is 0.328. The summed E-state index contributed by atoms with van der Waals surface area (Å²) in [4.78, 5) is 18.8. The number of rotatable bonds is 3. The summed E-state index contributed by atoms with van der Waals surface area (Å²) in [6.07, 6.45) is 3.83. The predicted molar refractivity (Wildman–Crippen MR) is 56.3 cm³/mol. The van der Waals surface area contributed by atoms with Gasteiger partial charge in [0.2, 0.25) is 0 Å². The molecule has 0 aliphatic rings. The lowest BCUT2D eigenvalue weighted by Gasteiger charge is -1.85. The predicted octanol–water partition coefficient (Wildman–Crippen LogP) is 2.54. The van der Waals surface area contributed by atoms with Crippen LogP contribution in [0, 0.1) is 0 Å². The van der Waals surface area contributed by atoms with Crippen LogP contribution in [0.15, 0.2) is 12.7 Å². The van der Waals surface area contributed by atoms with Crippen molar-refractivity contribution in [3.8, 4) is 0 Å². The van der Waals surface area contributed by atoms with Gasteiger partial charge in [-0.2, -0.15) is 0 Å². The molecule has 0 aromatic heterocycles. The lowest BCUT2D eigenvalue weighted by molar-refractivity contribution is -0.137. The van der Waals surface area contributed by atoms with Gasteiger partial charge in [-0.1, -0.05) is 19.4 Å². The molecule has 0 fully saturated rings. The number of carbonyl (C=O) groups is 2. The van der Waals surface area contributed by atoms with Gasteiger partial charge in [-0.25, -0.2) is 0 Å². The number of hydrogen-bond donors (Lipinski definition) is 2. The molecule has 0 aromatic carbocycles. The Bertz CT molecular complexity index is 148. The van der Waals surface area contributed by atoms with E-state index in [1.165, 1.54) is 0 Å². The molecule has 0 aliphatic carbocycles. The van der Waals surface area contributed by atoms with Gasteiger partial charge in [-0.05, 0) is 13.3 Å². The Morgan fingerprint density at radius 1 is 1.36 bits per heavy atom. The summed E-state index contributed by atoms with van der Waals surface area (Å²) in [6.45, 7) is 8.31. The summed E-state index contributed by atoms with van der Waals surface area (Å²) in [7, 11) is 0. The van der Waals surface area contributed by atoms with E-state index in [0.717, 1.165) is 19.8 Å². The molecule has 0 atom stereocenters. The van der Waals surface area contributed by atoms with Gasteiger partial charge in [-0.3, -0.25) is 9.59 Å². The molecule has 0 radical (unpaired) electrons. The lowest BCUT2D eigenvalue weighted by atomic mass is 10.3. The highest BCUT2D eigenvalue weighted by Crippen LogP contribution is 1.91. The average Bonchev–Trinajstić information content (AvgIpc) is 2.01. The Morgan fingerprint density at radius 2 is 1.64 bits per heavy atom. The average molecular weight is 204 g/mol. The fraction of sp³-hybridized carbons (Fsp3) is 0.600. The van der Waals surface area contributed by atoms with E-state index in [2.05, 4.69) is 6.58 Å². The second kappa shape index (κ2) is 17.7. The first kappa shape index (κ1) is 18.5. The smallest absolute Gasteiger partial charge is 0.303 e. The number of unbranched alkanes of at least 4 members (excludes halogenated alkanes) is 1. The van der Waals surface area contributed by atoms with Crippen molar-refractivity contribution in [1.82, 2.24) is 0 Å². The SMILES string of the molecule is C=CC.CC(=O)O.CCCCC(=O)O. The van der Waals surface area contributed by atoms with Crippen LogP contribution in [0.3, 0.4) is 0 Å². The van der Waals surface area contributed by atoms with Crippen molar-refractivity contribution in [3.63, 3.8) is 0 Å². The highest BCUT2D eigenvalue weighted by molar-refractivity contribution is 5.66. The quantitative estimate of drug-likeness (QED) is 0.693. The Hall–Kier alpha value is -1.32. The number of carboxylic acids is 2. The van der Waals surface area contributed by atoms with E-state index >= 15 is 0 Å². The van der Waals surface area contributed by atoms with Crippen LogP contribution in [0.1, 0.15) is 40.0 Å². The van der Waals surface area contributed by atoms with Crippen molar-refractivity contribution in [1.29, 1.82) is 0 Å². The highest BCUT2D eigenvalue weighted by atomic mass is 16.4. The van der Waals surface area contributed by atoms with Crippen LogP contribution in [0.2, 0.25) is 0 Å². The third-order valence-electron chi connectivity index (χ3n) is 0.744. The molecule has 2 N–H and O–H groups in total. The summed E-state index contributed by atoms with van der Waals surface area (Å²) < 4.78 is 0. The van der Waals surface area contributed by atoms with Gasteiger partial charge >= 0.3 is 5.97 Å². The molecule has 4 heteroatoms. The molecule has 4 nitrogen and oxygen atoms in total. The van der Waals surface area contributed by atoms with Crippen LogP contribution in [0.5, 0.6) is 0 Å². The number of hydrogen-bond acceptors (Lipinski definition) is 2. The molecule has 0 saturated heterocycles. The van der Waals surface area contributed by atoms with Gasteiger partial charge in [0, 0.05) is 13.3 Å². The molecular weight excluding hydrogens is 184 g/mol. The first-order valence-corrected chi connectivity index (χ1v) is 4.40. The molecule has 0 saturated carbocycles. The number of allylic oxidation sites excluding steroid dienone is 1. The zero-order valence-corrected chi connectivity index (χ0v) is 9.12. The van der Waals surface area contributed by atoms with Gasteiger partial charge in [-0.15, -0.1) is 6.58 Å². The highest BCUT2D eigenvalue weighted by Gasteiger charge is 1.90. The van der Waals surface area contributed by atoms with Gasteiger partial charge in [0.25, 0.3) is 5.97 Å². The van der Waals surface area contributed by atoms with E-state index in [1.807, 2.05) is 13.8 Å². The second-order valence-corrected chi connectivity index (χ2v) is 2.42. The van der Waals surface area contributed by atoms with Gasteiger partial charge in [0.05, 0.1) is 0 Å². The Balaban J connectivity index is -0.000000147. The molecule has 0 amide bonds. The van der Waals surface area contributed by atoms with E-state index < -0.39 is 11.9 Å². The van der Waals surface area contributed by atoms with Crippen molar-refractivity contribution in [2.75, 3.05) is 0 Å². The van der Waals surface area contributed by atoms with E-state index in [4.69, 9.17) is 15.0 Å². The molecule has 0 spiro atoms. The van der Waals surface area contributed by atoms with Gasteiger partial charge < -0.3 is 10.2 Å². The molecule has 0 aliphatic heterocycles. The van der Waals surface area contributed by atoms with Crippen LogP contribution in [0.25, 0.3) is 0 Å². The molecule has 0 aromatic rings. The second-order valence-electron chi connectivity index (χ2n) is 2.42. The first-order valence-electron chi connectivity index (χ1n) is 4.40. The minimum Gasteiger partial charge on any atom is -0.481 e. The van der Waals surface area contributed by atoms with Gasteiger partial charge in [0.1, 0.15) is 0 Å². The molecule has 14 heavy (non-hydrogen) atoms. The lowest BCUT2D eigenvalue weighted by Crippen LogP contribution is -1.91. The third-order valence-corrected chi connectivity index (χ3v) is 0.744. The van der Waals surface area contributed by atoms with Crippen LogP contribution in [-0.2, 0) is 9.59 Å². The first-order chi connectivity index (χ1) is 6.42. The number of carboxylic acid groups (broad SMARTS) is 2. The summed E-state index contributed by atoms with van der Waals surface area (Å²) in [6, 6.07) is 0. The van der Waals surface area contributed by atoms with Gasteiger partial charge in [0.15, 0.2) is 0 Å². The maximum Gasteiger partial charge on any atom is 0.303 e. The maximum absolute atomic E-state index is 9.76. The Labute approximate surface area is 85.3 Å². The molecule has 0 rings (SSSR count). The topological polar surface area (TPSA) is 74.6 Å². The monoisotopic (exact) mass is 204 g/mol. The number of aliphatic carboxylic acids is 2. The molecular formula is C10H20O4. The zero-order valence-electron chi connectivity index (χ0n) is 9.12. The summed E-state index contributed by atoms with van der Waals surface area (Å²) in [5.41, 5.74) is 0. The van der Waals surface area contributed by atoms with Crippen molar-refractivity contribution in [3.05, 3.63) is 12.7 Å². The zero-order chi connectivity index (χ0) is 12.0. The van der Waals surface area contributed by atoms with E-state index in [-0.39, 0.29) is 0 Å². The van der Waals surface area contributed by atoms with E-state index in [9.17, 15) is 4.79 Å². The van der Waals surface area contributed by atoms with Crippen molar-refractivity contribution in [2.45, 2.75) is 40.0 Å².